The van der Waals surface area contributed by atoms with Gasteiger partial charge in [-0.2, -0.15) is 0 Å². The zero-order valence-corrected chi connectivity index (χ0v) is 12.6. The van der Waals surface area contributed by atoms with Crippen molar-refractivity contribution < 1.29 is 9.47 Å². The van der Waals surface area contributed by atoms with E-state index in [0.717, 1.165) is 17.4 Å². The monoisotopic (exact) mass is 263 g/mol. The van der Waals surface area contributed by atoms with Crippen LogP contribution in [0.15, 0.2) is 12.1 Å². The summed E-state index contributed by atoms with van der Waals surface area (Å²) in [6, 6.07) is 4.57. The third kappa shape index (κ3) is 2.86. The molecule has 1 aromatic rings. The third-order valence-electron chi connectivity index (χ3n) is 4.31. The number of ether oxygens (including phenoxy) is 2. The van der Waals surface area contributed by atoms with Crippen LogP contribution in [0.3, 0.4) is 0 Å². The lowest BCUT2D eigenvalue weighted by atomic mass is 9.88. The number of hydrogen-bond donors (Lipinski definition) is 1. The van der Waals surface area contributed by atoms with E-state index in [1.165, 1.54) is 24.0 Å². The van der Waals surface area contributed by atoms with Crippen LogP contribution >= 0.6 is 0 Å². The van der Waals surface area contributed by atoms with Crippen LogP contribution < -0.4 is 14.8 Å². The highest BCUT2D eigenvalue weighted by Gasteiger charge is 2.34. The molecule has 1 aromatic carbocycles. The summed E-state index contributed by atoms with van der Waals surface area (Å²) in [5.74, 6) is 3.13. The predicted molar refractivity (Wildman–Crippen MR) is 78.0 cm³/mol. The van der Waals surface area contributed by atoms with Crippen molar-refractivity contribution in [2.45, 2.75) is 32.7 Å². The molecule has 19 heavy (non-hydrogen) atoms. The standard InChI is InChI=1S/C16H25NO2/c1-10-8-14(18-4)15(19-5)9-13(10)16(17-3)11(2)12-6-7-12/h8-9,11-12,16-17H,6-7H2,1-5H3. The van der Waals surface area contributed by atoms with Gasteiger partial charge >= 0.3 is 0 Å². The van der Waals surface area contributed by atoms with E-state index in [9.17, 15) is 0 Å². The molecule has 0 amide bonds. The summed E-state index contributed by atoms with van der Waals surface area (Å²) in [7, 11) is 5.41. The van der Waals surface area contributed by atoms with Crippen molar-refractivity contribution in [1.82, 2.24) is 5.32 Å². The molecule has 3 heteroatoms. The topological polar surface area (TPSA) is 30.5 Å². The smallest absolute Gasteiger partial charge is 0.161 e. The maximum absolute atomic E-state index is 5.43. The average Bonchev–Trinajstić information content (AvgIpc) is 3.25. The number of benzene rings is 1. The summed E-state index contributed by atoms with van der Waals surface area (Å²) < 4.78 is 10.8. The van der Waals surface area contributed by atoms with Crippen molar-refractivity contribution in [3.63, 3.8) is 0 Å². The molecule has 0 aliphatic heterocycles. The Bertz CT molecular complexity index is 441. The van der Waals surface area contributed by atoms with Crippen molar-refractivity contribution in [1.29, 1.82) is 0 Å². The molecule has 3 nitrogen and oxygen atoms in total. The van der Waals surface area contributed by atoms with Crippen LogP contribution in [0.25, 0.3) is 0 Å². The molecule has 1 aliphatic rings. The fourth-order valence-corrected chi connectivity index (χ4v) is 2.93. The van der Waals surface area contributed by atoms with E-state index in [-0.39, 0.29) is 0 Å². The Morgan fingerprint density at radius 1 is 1.16 bits per heavy atom. The maximum atomic E-state index is 5.43. The molecule has 1 aliphatic carbocycles. The molecule has 0 heterocycles. The van der Waals surface area contributed by atoms with Crippen molar-refractivity contribution >= 4 is 0 Å². The van der Waals surface area contributed by atoms with Gasteiger partial charge < -0.3 is 14.8 Å². The first-order chi connectivity index (χ1) is 9.12. The minimum atomic E-state index is 0.382. The molecule has 106 valence electrons. The van der Waals surface area contributed by atoms with Crippen LogP contribution in [0.2, 0.25) is 0 Å². The molecule has 2 unspecified atom stereocenters. The van der Waals surface area contributed by atoms with Gasteiger partial charge in [0.1, 0.15) is 0 Å². The molecule has 2 atom stereocenters. The first kappa shape index (κ1) is 14.2. The molecule has 0 spiro atoms. The van der Waals surface area contributed by atoms with Crippen molar-refractivity contribution in [2.24, 2.45) is 11.8 Å². The lowest BCUT2D eigenvalue weighted by Gasteiger charge is -2.26. The van der Waals surface area contributed by atoms with Crippen LogP contribution in [0, 0.1) is 18.8 Å². The highest BCUT2D eigenvalue weighted by molar-refractivity contribution is 5.48. The van der Waals surface area contributed by atoms with Crippen LogP contribution in [-0.2, 0) is 0 Å². The largest absolute Gasteiger partial charge is 0.493 e. The highest BCUT2D eigenvalue weighted by Crippen LogP contribution is 2.44. The Labute approximate surface area is 116 Å². The molecule has 1 fully saturated rings. The molecule has 0 saturated heterocycles. The number of rotatable bonds is 6. The Morgan fingerprint density at radius 3 is 2.21 bits per heavy atom. The van der Waals surface area contributed by atoms with Gasteiger partial charge in [0.15, 0.2) is 11.5 Å². The molecule has 0 aromatic heterocycles. The SMILES string of the molecule is CNC(c1cc(OC)c(OC)cc1C)C(C)C1CC1. The van der Waals surface area contributed by atoms with Gasteiger partial charge in [-0.3, -0.25) is 0 Å². The number of hydrogen-bond acceptors (Lipinski definition) is 3. The summed E-state index contributed by atoms with van der Waals surface area (Å²) in [6.45, 7) is 4.48. The zero-order valence-electron chi connectivity index (χ0n) is 12.6. The number of aryl methyl sites for hydroxylation is 1. The van der Waals surface area contributed by atoms with Crippen LogP contribution in [0.4, 0.5) is 0 Å². The first-order valence-electron chi connectivity index (χ1n) is 7.02. The van der Waals surface area contributed by atoms with E-state index in [1.807, 2.05) is 7.05 Å². The van der Waals surface area contributed by atoms with Gasteiger partial charge in [0.2, 0.25) is 0 Å². The lowest BCUT2D eigenvalue weighted by Crippen LogP contribution is -2.25. The summed E-state index contributed by atoms with van der Waals surface area (Å²) in [6.07, 6.45) is 2.73. The Kier molecular flexibility index (Phi) is 4.35. The average molecular weight is 263 g/mol. The summed E-state index contributed by atoms with van der Waals surface area (Å²) >= 11 is 0. The molecule has 2 rings (SSSR count). The summed E-state index contributed by atoms with van der Waals surface area (Å²) in [4.78, 5) is 0. The first-order valence-corrected chi connectivity index (χ1v) is 7.02. The highest BCUT2D eigenvalue weighted by atomic mass is 16.5. The van der Waals surface area contributed by atoms with Gasteiger partial charge in [-0.05, 0) is 61.9 Å². The predicted octanol–water partition coefficient (Wildman–Crippen LogP) is 3.32. The normalized spacial score (nSPS) is 17.9. The minimum absolute atomic E-state index is 0.382. The van der Waals surface area contributed by atoms with E-state index in [1.54, 1.807) is 14.2 Å². The fourth-order valence-electron chi connectivity index (χ4n) is 2.93. The van der Waals surface area contributed by atoms with E-state index in [4.69, 9.17) is 9.47 Å². The molecular weight excluding hydrogens is 238 g/mol. The van der Waals surface area contributed by atoms with E-state index in [2.05, 4.69) is 31.3 Å². The second kappa shape index (κ2) is 5.83. The van der Waals surface area contributed by atoms with Gasteiger partial charge in [-0.15, -0.1) is 0 Å². The van der Waals surface area contributed by atoms with Crippen LogP contribution in [0.5, 0.6) is 11.5 Å². The second-order valence-electron chi connectivity index (χ2n) is 5.53. The van der Waals surface area contributed by atoms with Gasteiger partial charge in [0, 0.05) is 6.04 Å². The quantitative estimate of drug-likeness (QED) is 0.854. The van der Waals surface area contributed by atoms with Crippen molar-refractivity contribution in [2.75, 3.05) is 21.3 Å². The minimum Gasteiger partial charge on any atom is -0.493 e. The van der Waals surface area contributed by atoms with Gasteiger partial charge in [0.05, 0.1) is 14.2 Å². The van der Waals surface area contributed by atoms with Crippen LogP contribution in [-0.4, -0.2) is 21.3 Å². The second-order valence-corrected chi connectivity index (χ2v) is 5.53. The number of nitrogens with one attached hydrogen (secondary N) is 1. The van der Waals surface area contributed by atoms with Crippen LogP contribution in [0.1, 0.15) is 36.9 Å². The fraction of sp³-hybridized carbons (Fsp3) is 0.625. The molecule has 1 N–H and O–H groups in total. The lowest BCUT2D eigenvalue weighted by molar-refractivity contribution is 0.346. The van der Waals surface area contributed by atoms with Gasteiger partial charge in [-0.25, -0.2) is 0 Å². The summed E-state index contributed by atoms with van der Waals surface area (Å²) in [5, 5.41) is 3.47. The Morgan fingerprint density at radius 2 is 1.74 bits per heavy atom. The Balaban J connectivity index is 2.35. The summed E-state index contributed by atoms with van der Waals surface area (Å²) in [5.41, 5.74) is 2.57. The molecule has 1 saturated carbocycles. The zero-order chi connectivity index (χ0) is 14.0. The van der Waals surface area contributed by atoms with E-state index < -0.39 is 0 Å². The molecule has 0 radical (unpaired) electrons. The number of methoxy groups -OCH3 is 2. The van der Waals surface area contributed by atoms with E-state index in [0.29, 0.717) is 12.0 Å². The maximum Gasteiger partial charge on any atom is 0.161 e. The Hall–Kier alpha value is -1.22. The molecule has 0 bridgehead atoms. The van der Waals surface area contributed by atoms with Gasteiger partial charge in [0.25, 0.3) is 0 Å². The third-order valence-corrected chi connectivity index (χ3v) is 4.31. The van der Waals surface area contributed by atoms with Crippen molar-refractivity contribution in [3.05, 3.63) is 23.3 Å². The molecular formula is C16H25NO2. The van der Waals surface area contributed by atoms with Gasteiger partial charge in [-0.1, -0.05) is 6.92 Å². The van der Waals surface area contributed by atoms with E-state index >= 15 is 0 Å². The van der Waals surface area contributed by atoms with Crippen molar-refractivity contribution in [3.8, 4) is 11.5 Å².